The summed E-state index contributed by atoms with van der Waals surface area (Å²) in [5.41, 5.74) is -5.53. The van der Waals surface area contributed by atoms with Crippen molar-refractivity contribution in [3.05, 3.63) is 0 Å². The number of alkyl halides is 3. The van der Waals surface area contributed by atoms with Crippen molar-refractivity contribution >= 4 is 20.1 Å². The Morgan fingerprint density at radius 2 is 1.23 bits per heavy atom. The van der Waals surface area contributed by atoms with Crippen molar-refractivity contribution in [1.29, 1.82) is 0 Å². The van der Waals surface area contributed by atoms with Gasteiger partial charge >= 0.3 is 15.6 Å². The molecule has 0 heterocycles. The number of primary sulfonamides is 1. The first-order valence-corrected chi connectivity index (χ1v) is 5.66. The third-order valence-electron chi connectivity index (χ3n) is 0.292. The van der Waals surface area contributed by atoms with Crippen LogP contribution in [0.2, 0.25) is 0 Å². The van der Waals surface area contributed by atoms with Crippen LogP contribution in [0.25, 0.3) is 0 Å². The topological polar surface area (TPSA) is 115 Å². The van der Waals surface area contributed by atoms with Gasteiger partial charge in [0.15, 0.2) is 0 Å². The van der Waals surface area contributed by atoms with Gasteiger partial charge in [-0.2, -0.15) is 21.6 Å². The number of nitrogens with two attached hydrogens (primary N) is 1. The summed E-state index contributed by atoms with van der Waals surface area (Å²) in [5.74, 6) is 0. The Morgan fingerprint density at radius 1 is 1.15 bits per heavy atom. The number of rotatable bonds is 0. The molecule has 0 spiro atoms. The van der Waals surface area contributed by atoms with Crippen LogP contribution in [0.5, 0.6) is 0 Å². The summed E-state index contributed by atoms with van der Waals surface area (Å²) in [7, 11) is -9.01. The minimum absolute atomic E-state index is 0.938. The molecule has 0 bridgehead atoms. The Balaban J connectivity index is 0. The van der Waals surface area contributed by atoms with E-state index in [-0.39, 0.29) is 0 Å². The first kappa shape index (κ1) is 15.1. The quantitative estimate of drug-likeness (QED) is 0.432. The van der Waals surface area contributed by atoms with Crippen LogP contribution in [-0.4, -0.2) is 33.2 Å². The van der Waals surface area contributed by atoms with Crippen LogP contribution in [0.15, 0.2) is 0 Å². The minimum Gasteiger partial charge on any atom is -0.279 e. The van der Waals surface area contributed by atoms with Gasteiger partial charge in [-0.05, 0) is 0 Å². The minimum atomic E-state index is -5.84. The van der Waals surface area contributed by atoms with Crippen LogP contribution in [0.1, 0.15) is 0 Å². The van der Waals surface area contributed by atoms with E-state index >= 15 is 0 Å². The highest BCUT2D eigenvalue weighted by Gasteiger charge is 2.44. The maximum atomic E-state index is 10.7. The molecule has 0 radical (unpaired) electrons. The predicted octanol–water partition coefficient (Wildman–Crippen LogP) is -0.701. The fourth-order valence-electron chi connectivity index (χ4n) is 0. The molecule has 0 aromatic heterocycles. The van der Waals surface area contributed by atoms with E-state index in [1.165, 1.54) is 0 Å². The third-order valence-corrected chi connectivity index (χ3v) is 0.877. The largest absolute Gasteiger partial charge is 0.522 e. The van der Waals surface area contributed by atoms with E-state index in [2.05, 4.69) is 5.14 Å². The predicted molar refractivity (Wildman–Crippen MR) is 36.6 cm³/mol. The highest BCUT2D eigenvalue weighted by atomic mass is 32.2. The molecule has 0 aliphatic heterocycles. The summed E-state index contributed by atoms with van der Waals surface area (Å²) >= 11 is 0. The second-order valence-corrected chi connectivity index (χ2v) is 4.82. The zero-order valence-corrected chi connectivity index (χ0v) is 7.74. The van der Waals surface area contributed by atoms with Gasteiger partial charge in [-0.15, -0.1) is 0 Å². The number of hydrogen-bond donors (Lipinski definition) is 2. The SMILES string of the molecule is CS(N)(=O)=O.O=S(=O)(O)C(F)(F)F. The molecule has 0 amide bonds. The van der Waals surface area contributed by atoms with Crippen molar-refractivity contribution in [1.82, 2.24) is 0 Å². The van der Waals surface area contributed by atoms with Crippen LogP contribution in [0.4, 0.5) is 13.2 Å². The van der Waals surface area contributed by atoms with Crippen LogP contribution >= 0.6 is 0 Å². The molecule has 0 unspecified atom stereocenters. The lowest BCUT2D eigenvalue weighted by Crippen LogP contribution is -2.21. The fraction of sp³-hybridized carbons (Fsp3) is 1.00. The molecular formula is C2H6F3NO5S2. The summed E-state index contributed by atoms with van der Waals surface area (Å²) in [4.78, 5) is 0. The molecule has 0 fully saturated rings. The lowest BCUT2D eigenvalue weighted by Gasteiger charge is -1.97. The lowest BCUT2D eigenvalue weighted by molar-refractivity contribution is -0.0510. The Morgan fingerprint density at radius 3 is 1.23 bits per heavy atom. The second-order valence-electron chi connectivity index (χ2n) is 1.75. The second kappa shape index (κ2) is 4.21. The van der Waals surface area contributed by atoms with Gasteiger partial charge in [0, 0.05) is 0 Å². The molecule has 13 heavy (non-hydrogen) atoms. The molecule has 0 aromatic carbocycles. The van der Waals surface area contributed by atoms with E-state index in [0.29, 0.717) is 0 Å². The van der Waals surface area contributed by atoms with Crippen molar-refractivity contribution < 1.29 is 34.6 Å². The van der Waals surface area contributed by atoms with Crippen molar-refractivity contribution in [3.8, 4) is 0 Å². The van der Waals surface area contributed by atoms with Crippen LogP contribution < -0.4 is 5.14 Å². The van der Waals surface area contributed by atoms with E-state index in [1.54, 1.807) is 0 Å². The van der Waals surface area contributed by atoms with Gasteiger partial charge < -0.3 is 0 Å². The Bertz CT molecular complexity index is 330. The van der Waals surface area contributed by atoms with Crippen molar-refractivity contribution in [3.63, 3.8) is 0 Å². The van der Waals surface area contributed by atoms with Crippen LogP contribution in [-0.2, 0) is 20.1 Å². The zero-order chi connectivity index (χ0) is 11.5. The van der Waals surface area contributed by atoms with E-state index in [9.17, 15) is 21.6 Å². The first-order chi connectivity index (χ1) is 5.25. The molecule has 0 atom stereocenters. The van der Waals surface area contributed by atoms with Crippen molar-refractivity contribution in [2.24, 2.45) is 5.14 Å². The normalized spacial score (nSPS) is 13.1. The molecule has 0 rings (SSSR count). The van der Waals surface area contributed by atoms with Gasteiger partial charge in [0.1, 0.15) is 0 Å². The summed E-state index contributed by atoms with van der Waals surface area (Å²) in [6, 6.07) is 0. The first-order valence-electron chi connectivity index (χ1n) is 2.26. The molecular weight excluding hydrogens is 239 g/mol. The smallest absolute Gasteiger partial charge is 0.279 e. The number of sulfonamides is 1. The van der Waals surface area contributed by atoms with Crippen molar-refractivity contribution in [2.45, 2.75) is 5.51 Å². The number of halogens is 3. The average Bonchev–Trinajstić information content (AvgIpc) is 1.50. The summed E-state index contributed by atoms with van der Waals surface area (Å²) < 4.78 is 76.4. The van der Waals surface area contributed by atoms with Gasteiger partial charge in [0.05, 0.1) is 6.26 Å². The highest BCUT2D eigenvalue weighted by Crippen LogP contribution is 2.20. The van der Waals surface area contributed by atoms with E-state index in [4.69, 9.17) is 13.0 Å². The zero-order valence-electron chi connectivity index (χ0n) is 6.11. The molecule has 0 saturated heterocycles. The van der Waals surface area contributed by atoms with Crippen LogP contribution in [0.3, 0.4) is 0 Å². The molecule has 82 valence electrons. The Hall–Kier alpha value is -0.390. The molecule has 6 nitrogen and oxygen atoms in total. The lowest BCUT2D eigenvalue weighted by atomic mass is 11.6. The Labute approximate surface area is 72.3 Å². The van der Waals surface area contributed by atoms with Gasteiger partial charge in [0.25, 0.3) is 0 Å². The molecule has 0 aliphatic carbocycles. The summed E-state index contributed by atoms with van der Waals surface area (Å²) in [6.07, 6.45) is 0.938. The maximum Gasteiger partial charge on any atom is 0.522 e. The molecule has 0 aliphatic rings. The third kappa shape index (κ3) is 14.5. The fourth-order valence-corrected chi connectivity index (χ4v) is 0. The highest BCUT2D eigenvalue weighted by molar-refractivity contribution is 7.88. The van der Waals surface area contributed by atoms with E-state index in [0.717, 1.165) is 6.26 Å². The summed E-state index contributed by atoms with van der Waals surface area (Å²) in [5, 5.41) is 4.33. The van der Waals surface area contributed by atoms with Crippen LogP contribution in [0, 0.1) is 0 Å². The molecule has 3 N–H and O–H groups in total. The summed E-state index contributed by atoms with van der Waals surface area (Å²) in [6.45, 7) is 0. The van der Waals surface area contributed by atoms with Gasteiger partial charge in [-0.1, -0.05) is 0 Å². The molecule has 11 heteroatoms. The average molecular weight is 245 g/mol. The molecule has 0 aromatic rings. The van der Waals surface area contributed by atoms with Gasteiger partial charge in [-0.25, -0.2) is 13.6 Å². The van der Waals surface area contributed by atoms with E-state index < -0.39 is 25.6 Å². The standard InChI is InChI=1S/CHF3O3S.CH5NO2S/c2-1(3,4)8(5,6)7;1-5(2,3)4/h(H,5,6,7);1H3,(H2,2,3,4). The number of hydrogen-bond acceptors (Lipinski definition) is 4. The van der Waals surface area contributed by atoms with Gasteiger partial charge in [-0.3, -0.25) is 4.55 Å². The molecule has 0 saturated carbocycles. The van der Waals surface area contributed by atoms with Crippen molar-refractivity contribution in [2.75, 3.05) is 6.26 Å². The van der Waals surface area contributed by atoms with E-state index in [1.807, 2.05) is 0 Å². The van der Waals surface area contributed by atoms with Gasteiger partial charge in [0.2, 0.25) is 10.0 Å². The maximum absolute atomic E-state index is 10.7. The monoisotopic (exact) mass is 245 g/mol. The Kier molecular flexibility index (Phi) is 4.89.